The van der Waals surface area contributed by atoms with Crippen LogP contribution in [-0.4, -0.2) is 16.2 Å². The smallest absolute Gasteiger partial charge is 0.110 e. The minimum atomic E-state index is -0.332. The van der Waals surface area contributed by atoms with Crippen LogP contribution >= 0.6 is 0 Å². The van der Waals surface area contributed by atoms with Gasteiger partial charge in [0, 0.05) is 18.1 Å². The van der Waals surface area contributed by atoms with Crippen molar-refractivity contribution >= 4 is 0 Å². The van der Waals surface area contributed by atoms with E-state index < -0.39 is 0 Å². The number of aryl methyl sites for hydroxylation is 2. The Labute approximate surface area is 141 Å². The molecule has 24 heavy (non-hydrogen) atoms. The Morgan fingerprint density at radius 1 is 1.17 bits per heavy atom. The van der Waals surface area contributed by atoms with E-state index >= 15 is 0 Å². The van der Waals surface area contributed by atoms with Gasteiger partial charge in [0.15, 0.2) is 0 Å². The zero-order chi connectivity index (χ0) is 16.9. The molecule has 3 rings (SSSR count). The maximum Gasteiger partial charge on any atom is 0.110 e. The summed E-state index contributed by atoms with van der Waals surface area (Å²) in [5.41, 5.74) is 4.88. The average Bonchev–Trinajstić information content (AvgIpc) is 3.06. The van der Waals surface area contributed by atoms with Crippen LogP contribution in [0.3, 0.4) is 0 Å². The van der Waals surface area contributed by atoms with Crippen LogP contribution < -0.4 is 0 Å². The molecular weight excluding hydrogens is 301 g/mol. The van der Waals surface area contributed by atoms with E-state index in [1.165, 1.54) is 0 Å². The number of benzene rings is 2. The predicted octanol–water partition coefficient (Wildman–Crippen LogP) is 4.62. The van der Waals surface area contributed by atoms with E-state index in [-0.39, 0.29) is 6.67 Å². The van der Waals surface area contributed by atoms with Crippen molar-refractivity contribution in [3.05, 3.63) is 71.8 Å². The molecule has 2 aromatic carbocycles. The quantitative estimate of drug-likeness (QED) is 0.688. The van der Waals surface area contributed by atoms with E-state index in [4.69, 9.17) is 5.26 Å². The van der Waals surface area contributed by atoms with Crippen molar-refractivity contribution in [1.29, 1.82) is 5.26 Å². The molecule has 0 radical (unpaired) electrons. The fourth-order valence-corrected chi connectivity index (χ4v) is 2.85. The Morgan fingerprint density at radius 2 is 1.96 bits per heavy atom. The van der Waals surface area contributed by atoms with Gasteiger partial charge in [-0.25, -0.2) is 4.98 Å². The van der Waals surface area contributed by atoms with E-state index in [9.17, 15) is 4.39 Å². The van der Waals surface area contributed by atoms with Crippen molar-refractivity contribution in [3.8, 4) is 22.9 Å². The number of halogens is 1. The fraction of sp³-hybridized carbons (Fsp3) is 0.200. The summed E-state index contributed by atoms with van der Waals surface area (Å²) in [5.74, 6) is 0.914. The van der Waals surface area contributed by atoms with Crippen LogP contribution in [0, 0.1) is 18.3 Å². The van der Waals surface area contributed by atoms with E-state index in [0.29, 0.717) is 18.4 Å². The monoisotopic (exact) mass is 319 g/mol. The third-order valence-corrected chi connectivity index (χ3v) is 4.10. The molecule has 0 atom stereocenters. The standard InChI is InChI=1S/C20H18FN3/c1-15-23-11-12-24(15)19-8-9-20(18(13-19)3-2-10-21)17-6-4-16(14-22)5-7-17/h4-9,11-13H,2-3,10H2,1H3. The van der Waals surface area contributed by atoms with Crippen LogP contribution in [0.4, 0.5) is 4.39 Å². The van der Waals surface area contributed by atoms with Gasteiger partial charge in [0.05, 0.1) is 18.3 Å². The molecule has 0 aliphatic heterocycles. The molecule has 0 unspecified atom stereocenters. The van der Waals surface area contributed by atoms with Crippen molar-refractivity contribution in [2.24, 2.45) is 0 Å². The highest BCUT2D eigenvalue weighted by atomic mass is 19.1. The van der Waals surface area contributed by atoms with E-state index in [1.807, 2.05) is 48.0 Å². The summed E-state index contributed by atoms with van der Waals surface area (Å²) in [4.78, 5) is 4.26. The number of aromatic nitrogens is 2. The molecular formula is C20H18FN3. The number of nitrogens with zero attached hydrogens (tertiary/aromatic N) is 3. The molecule has 0 aliphatic carbocycles. The predicted molar refractivity (Wildman–Crippen MR) is 92.7 cm³/mol. The number of hydrogen-bond acceptors (Lipinski definition) is 2. The van der Waals surface area contributed by atoms with Crippen molar-refractivity contribution in [1.82, 2.24) is 9.55 Å². The number of imidazole rings is 1. The first-order valence-electron chi connectivity index (χ1n) is 7.92. The van der Waals surface area contributed by atoms with Gasteiger partial charge in [-0.3, -0.25) is 4.39 Å². The van der Waals surface area contributed by atoms with Gasteiger partial charge in [0.25, 0.3) is 0 Å². The first-order chi connectivity index (χ1) is 11.7. The lowest BCUT2D eigenvalue weighted by Crippen LogP contribution is -1.99. The topological polar surface area (TPSA) is 41.6 Å². The normalized spacial score (nSPS) is 10.5. The van der Waals surface area contributed by atoms with Gasteiger partial charge in [-0.2, -0.15) is 5.26 Å². The lowest BCUT2D eigenvalue weighted by atomic mass is 9.95. The highest BCUT2D eigenvalue weighted by Crippen LogP contribution is 2.28. The van der Waals surface area contributed by atoms with Gasteiger partial charge in [-0.1, -0.05) is 18.2 Å². The zero-order valence-corrected chi connectivity index (χ0v) is 13.5. The van der Waals surface area contributed by atoms with Crippen molar-refractivity contribution in [3.63, 3.8) is 0 Å². The number of rotatable bonds is 5. The second-order valence-corrected chi connectivity index (χ2v) is 5.67. The van der Waals surface area contributed by atoms with Crippen LogP contribution in [-0.2, 0) is 6.42 Å². The molecule has 3 aromatic rings. The second kappa shape index (κ2) is 7.10. The zero-order valence-electron chi connectivity index (χ0n) is 13.5. The lowest BCUT2D eigenvalue weighted by molar-refractivity contribution is 0.473. The third-order valence-electron chi connectivity index (χ3n) is 4.10. The van der Waals surface area contributed by atoms with Crippen molar-refractivity contribution < 1.29 is 4.39 Å². The Morgan fingerprint density at radius 3 is 2.58 bits per heavy atom. The lowest BCUT2D eigenvalue weighted by Gasteiger charge is -2.13. The van der Waals surface area contributed by atoms with Gasteiger partial charge >= 0.3 is 0 Å². The highest BCUT2D eigenvalue weighted by molar-refractivity contribution is 5.69. The van der Waals surface area contributed by atoms with E-state index in [0.717, 1.165) is 28.2 Å². The molecule has 0 N–H and O–H groups in total. The molecule has 4 heteroatoms. The van der Waals surface area contributed by atoms with Crippen LogP contribution in [0.5, 0.6) is 0 Å². The SMILES string of the molecule is Cc1nccn1-c1ccc(-c2ccc(C#N)cc2)c(CCCF)c1. The van der Waals surface area contributed by atoms with Gasteiger partial charge in [0.2, 0.25) is 0 Å². The molecule has 0 saturated carbocycles. The molecule has 1 heterocycles. The maximum atomic E-state index is 12.7. The van der Waals surface area contributed by atoms with E-state index in [1.54, 1.807) is 6.20 Å². The summed E-state index contributed by atoms with van der Waals surface area (Å²) in [6.07, 6.45) is 4.86. The highest BCUT2D eigenvalue weighted by Gasteiger charge is 2.09. The Hall–Kier alpha value is -2.93. The molecule has 3 nitrogen and oxygen atoms in total. The summed E-state index contributed by atoms with van der Waals surface area (Å²) in [6.45, 7) is 1.62. The summed E-state index contributed by atoms with van der Waals surface area (Å²) in [5, 5.41) is 8.94. The van der Waals surface area contributed by atoms with Gasteiger partial charge in [0.1, 0.15) is 5.82 Å². The first kappa shape index (κ1) is 15.9. The largest absolute Gasteiger partial charge is 0.304 e. The Kier molecular flexibility index (Phi) is 4.72. The molecule has 0 aliphatic rings. The summed E-state index contributed by atoms with van der Waals surface area (Å²) in [7, 11) is 0. The summed E-state index contributed by atoms with van der Waals surface area (Å²) >= 11 is 0. The number of nitriles is 1. The van der Waals surface area contributed by atoms with Crippen molar-refractivity contribution in [2.75, 3.05) is 6.67 Å². The average molecular weight is 319 g/mol. The van der Waals surface area contributed by atoms with Crippen LogP contribution in [0.25, 0.3) is 16.8 Å². The molecule has 0 spiro atoms. The van der Waals surface area contributed by atoms with Gasteiger partial charge < -0.3 is 4.57 Å². The van der Waals surface area contributed by atoms with Gasteiger partial charge in [-0.05, 0) is 60.7 Å². The maximum absolute atomic E-state index is 12.7. The Bertz CT molecular complexity index is 873. The van der Waals surface area contributed by atoms with Crippen LogP contribution in [0.2, 0.25) is 0 Å². The van der Waals surface area contributed by atoms with E-state index in [2.05, 4.69) is 23.2 Å². The molecule has 120 valence electrons. The molecule has 0 bridgehead atoms. The molecule has 0 fully saturated rings. The minimum absolute atomic E-state index is 0.332. The Balaban J connectivity index is 2.04. The first-order valence-corrected chi connectivity index (χ1v) is 7.92. The molecule has 0 amide bonds. The summed E-state index contributed by atoms with van der Waals surface area (Å²) in [6, 6.07) is 15.8. The van der Waals surface area contributed by atoms with Crippen LogP contribution in [0.1, 0.15) is 23.4 Å². The number of hydrogen-bond donors (Lipinski definition) is 0. The fourth-order valence-electron chi connectivity index (χ4n) is 2.85. The second-order valence-electron chi connectivity index (χ2n) is 5.67. The molecule has 1 aromatic heterocycles. The summed E-state index contributed by atoms with van der Waals surface area (Å²) < 4.78 is 14.7. The van der Waals surface area contributed by atoms with Crippen molar-refractivity contribution in [2.45, 2.75) is 19.8 Å². The number of alkyl halides is 1. The molecule has 0 saturated heterocycles. The van der Waals surface area contributed by atoms with Gasteiger partial charge in [-0.15, -0.1) is 0 Å². The van der Waals surface area contributed by atoms with Crippen LogP contribution in [0.15, 0.2) is 54.9 Å². The third kappa shape index (κ3) is 3.21. The minimum Gasteiger partial charge on any atom is -0.304 e.